The quantitative estimate of drug-likeness (QED) is 0.288. The molecule has 28 valence electrons. The Kier molecular flexibility index (Phi) is 11.8. The van der Waals surface area contributed by atoms with Gasteiger partial charge in [0.2, 0.25) is 0 Å². The van der Waals surface area contributed by atoms with E-state index in [4.69, 9.17) is 4.55 Å². The standard InChI is InChI=1S/Cl2OS.Na.H/c1-4(2)3;;/q;+1;-1. The molecule has 5 heavy (non-hydrogen) atoms. The van der Waals surface area contributed by atoms with Crippen molar-refractivity contribution in [2.24, 2.45) is 0 Å². The minimum absolute atomic E-state index is 0. The van der Waals surface area contributed by atoms with Crippen molar-refractivity contribution in [3.8, 4) is 0 Å². The monoisotopic (exact) mass is 142 g/mol. The van der Waals surface area contributed by atoms with Crippen LogP contribution in [0.5, 0.6) is 0 Å². The zero-order chi connectivity index (χ0) is 3.58. The number of halogens is 2. The molecule has 0 aromatic carbocycles. The Morgan fingerprint density at radius 3 is 1.60 bits per heavy atom. The summed E-state index contributed by atoms with van der Waals surface area (Å²) in [6, 6.07) is 0. The third-order valence-corrected chi connectivity index (χ3v) is 0. The third kappa shape index (κ3) is 25.0. The Morgan fingerprint density at radius 2 is 1.60 bits per heavy atom. The Bertz CT molecular complexity index is 18.3. The van der Waals surface area contributed by atoms with Crippen LogP contribution in [0.2, 0.25) is 0 Å². The van der Waals surface area contributed by atoms with E-state index in [9.17, 15) is 0 Å². The third-order valence-electron chi connectivity index (χ3n) is 0. The summed E-state index contributed by atoms with van der Waals surface area (Å²) in [5.41, 5.74) is 0. The average Bonchev–Trinajstić information content (AvgIpc) is 0.811. The van der Waals surface area contributed by atoms with Crippen molar-refractivity contribution in [3.05, 3.63) is 0 Å². The van der Waals surface area contributed by atoms with E-state index in [0.29, 0.717) is 0 Å². The van der Waals surface area contributed by atoms with Gasteiger partial charge in [-0.05, 0) is 0 Å². The van der Waals surface area contributed by atoms with E-state index in [1.807, 2.05) is 0 Å². The normalized spacial score (nSPS) is 7.20. The molecule has 0 fully saturated rings. The zero-order valence-electron chi connectivity index (χ0n) is 3.57. The molecule has 5 heteroatoms. The Hall–Kier alpha value is 1.89. The molecule has 0 heterocycles. The van der Waals surface area contributed by atoms with Crippen LogP contribution in [0.25, 0.3) is 0 Å². The van der Waals surface area contributed by atoms with Gasteiger partial charge < -0.3 is 5.98 Å². The summed E-state index contributed by atoms with van der Waals surface area (Å²) >= 11 is 0. The van der Waals surface area contributed by atoms with Crippen LogP contribution >= 0.6 is 21.4 Å². The second kappa shape index (κ2) is 5.89. The number of rotatable bonds is 0. The van der Waals surface area contributed by atoms with E-state index in [1.165, 1.54) is 0 Å². The SMILES string of the molecule is [H-].[Na+].[O-][S+](Cl)Cl. The number of hydrogen-bond donors (Lipinski definition) is 0. The molecule has 0 saturated carbocycles. The van der Waals surface area contributed by atoms with Crippen LogP contribution in [-0.4, -0.2) is 4.55 Å². The molecule has 0 aromatic rings. The molecule has 0 aliphatic rings. The first kappa shape index (κ1) is 10.00. The van der Waals surface area contributed by atoms with Crippen molar-refractivity contribution in [1.82, 2.24) is 0 Å². The van der Waals surface area contributed by atoms with Crippen molar-refractivity contribution in [2.45, 2.75) is 0 Å². The Morgan fingerprint density at radius 1 is 1.60 bits per heavy atom. The van der Waals surface area contributed by atoms with Crippen molar-refractivity contribution in [2.75, 3.05) is 0 Å². The second-order valence-corrected chi connectivity index (χ2v) is 2.71. The molecule has 0 amide bonds. The fraction of sp³-hybridized carbons (Fsp3) is 0. The van der Waals surface area contributed by atoms with Crippen molar-refractivity contribution < 1.29 is 35.5 Å². The van der Waals surface area contributed by atoms with Gasteiger partial charge in [0.05, 0.1) is 0 Å². The first-order chi connectivity index (χ1) is 1.73. The molecule has 0 aliphatic heterocycles. The van der Waals surface area contributed by atoms with Gasteiger partial charge in [-0.25, -0.2) is 0 Å². The van der Waals surface area contributed by atoms with E-state index < -0.39 is 9.60 Å². The maximum absolute atomic E-state index is 9.09. The van der Waals surface area contributed by atoms with Crippen molar-refractivity contribution in [3.63, 3.8) is 0 Å². The molecule has 0 rings (SSSR count). The van der Waals surface area contributed by atoms with Gasteiger partial charge in [0.25, 0.3) is 0 Å². The van der Waals surface area contributed by atoms with Gasteiger partial charge in [-0.2, -0.15) is 0 Å². The maximum atomic E-state index is 9.09. The molecule has 0 bridgehead atoms. The minimum atomic E-state index is -1.67. The molecular formula is HCl2NaOS. The van der Waals surface area contributed by atoms with E-state index in [1.54, 1.807) is 0 Å². The van der Waals surface area contributed by atoms with Crippen LogP contribution in [0.1, 0.15) is 1.43 Å². The smallest absolute Gasteiger partial charge is 1.00 e. The zero-order valence-corrected chi connectivity index (χ0v) is 6.90. The summed E-state index contributed by atoms with van der Waals surface area (Å²) in [4.78, 5) is 0. The van der Waals surface area contributed by atoms with E-state index in [0.717, 1.165) is 0 Å². The summed E-state index contributed by atoms with van der Waals surface area (Å²) in [5, 5.41) is 0. The second-order valence-electron chi connectivity index (χ2n) is 0.184. The van der Waals surface area contributed by atoms with E-state index >= 15 is 0 Å². The van der Waals surface area contributed by atoms with Gasteiger partial charge >= 0.3 is 29.6 Å². The molecule has 0 radical (unpaired) electrons. The molecule has 0 atom stereocenters. The predicted octanol–water partition coefficient (Wildman–Crippen LogP) is -1.84. The molecule has 0 spiro atoms. The van der Waals surface area contributed by atoms with Gasteiger partial charge in [0, 0.05) is 0 Å². The first-order valence-corrected chi connectivity index (χ1v) is 3.28. The molecular weight excluding hydrogens is 142 g/mol. The molecule has 0 N–H and O–H groups in total. The maximum Gasteiger partial charge on any atom is 1.00 e. The largest absolute Gasteiger partial charge is 1.00 e. The summed E-state index contributed by atoms with van der Waals surface area (Å²) < 4.78 is 9.09. The molecule has 0 aromatic heterocycles. The summed E-state index contributed by atoms with van der Waals surface area (Å²) in [5.74, 6) is 0. The van der Waals surface area contributed by atoms with E-state index in [2.05, 4.69) is 21.4 Å². The summed E-state index contributed by atoms with van der Waals surface area (Å²) in [6.07, 6.45) is 0. The summed E-state index contributed by atoms with van der Waals surface area (Å²) in [6.45, 7) is 0. The fourth-order valence-electron chi connectivity index (χ4n) is 0. The van der Waals surface area contributed by atoms with Crippen molar-refractivity contribution in [1.29, 1.82) is 0 Å². The van der Waals surface area contributed by atoms with Gasteiger partial charge in [-0.15, -0.1) is 0 Å². The van der Waals surface area contributed by atoms with Gasteiger partial charge in [-0.1, -0.05) is 0 Å². The topological polar surface area (TPSA) is 23.1 Å². The number of hydrogen-bond acceptors (Lipinski definition) is 1. The average molecular weight is 143 g/mol. The predicted molar refractivity (Wildman–Crippen MR) is 21.0 cm³/mol. The van der Waals surface area contributed by atoms with E-state index in [-0.39, 0.29) is 31.0 Å². The van der Waals surface area contributed by atoms with Crippen LogP contribution in [0.3, 0.4) is 0 Å². The fourth-order valence-corrected chi connectivity index (χ4v) is 0. The van der Waals surface area contributed by atoms with Crippen LogP contribution in [-0.2, 0) is 9.60 Å². The Labute approximate surface area is 66.0 Å². The first-order valence-electron chi connectivity index (χ1n) is 0.475. The van der Waals surface area contributed by atoms with Crippen LogP contribution in [0.4, 0.5) is 0 Å². The summed E-state index contributed by atoms with van der Waals surface area (Å²) in [7, 11) is 7.36. The van der Waals surface area contributed by atoms with Crippen LogP contribution in [0, 0.1) is 0 Å². The van der Waals surface area contributed by atoms with Gasteiger partial charge in [0.15, 0.2) is 31.0 Å². The van der Waals surface area contributed by atoms with Crippen molar-refractivity contribution >= 4 is 31.0 Å². The molecule has 0 unspecified atom stereocenters. The molecule has 0 saturated heterocycles. The minimum Gasteiger partial charge on any atom is -1.00 e. The molecule has 0 aliphatic carbocycles. The Balaban J connectivity index is -0.0000000450. The van der Waals surface area contributed by atoms with Gasteiger partial charge in [-0.3, -0.25) is 0 Å². The van der Waals surface area contributed by atoms with Crippen LogP contribution < -0.4 is 29.6 Å². The van der Waals surface area contributed by atoms with Crippen LogP contribution in [0.15, 0.2) is 0 Å². The van der Waals surface area contributed by atoms with Gasteiger partial charge in [0.1, 0.15) is 0 Å². The molecule has 1 nitrogen and oxygen atoms in total.